The molecule has 0 amide bonds. The lowest BCUT2D eigenvalue weighted by molar-refractivity contribution is 0.567. The fourth-order valence-electron chi connectivity index (χ4n) is 0.836. The van der Waals surface area contributed by atoms with Crippen molar-refractivity contribution >= 4 is 5.94 Å². The number of hydrogen-bond acceptors (Lipinski definition) is 1. The highest BCUT2D eigenvalue weighted by Gasteiger charge is 1.85. The molecule has 0 aliphatic rings. The standard InChI is InChI=1S/C9H15O/c1-2-3-4-5-6-7-8-9-10/h8H,1-7H2. The third-order valence-corrected chi connectivity index (χ3v) is 1.43. The van der Waals surface area contributed by atoms with Gasteiger partial charge < -0.3 is 0 Å². The first kappa shape index (κ1) is 9.45. The lowest BCUT2D eigenvalue weighted by Crippen LogP contribution is -1.75. The molecule has 0 unspecified atom stereocenters. The van der Waals surface area contributed by atoms with Gasteiger partial charge in [-0.2, -0.15) is 0 Å². The topological polar surface area (TPSA) is 17.1 Å². The molecule has 0 aromatic carbocycles. The van der Waals surface area contributed by atoms with Crippen LogP contribution in [0.2, 0.25) is 0 Å². The molecule has 0 saturated heterocycles. The van der Waals surface area contributed by atoms with Gasteiger partial charge in [0.05, 0.1) is 0 Å². The summed E-state index contributed by atoms with van der Waals surface area (Å²) in [5.74, 6) is 1.77. The molecule has 0 aliphatic heterocycles. The second-order valence-electron chi connectivity index (χ2n) is 2.38. The van der Waals surface area contributed by atoms with E-state index in [-0.39, 0.29) is 0 Å². The molecule has 0 aromatic rings. The molecule has 0 rings (SSSR count). The Kier molecular flexibility index (Phi) is 7.99. The van der Waals surface area contributed by atoms with Gasteiger partial charge in [0.15, 0.2) is 0 Å². The molecule has 0 saturated carbocycles. The van der Waals surface area contributed by atoms with Gasteiger partial charge in [-0.25, -0.2) is 4.79 Å². The Bertz CT molecular complexity index is 101. The summed E-state index contributed by atoms with van der Waals surface area (Å²) in [4.78, 5) is 9.70. The molecule has 0 spiro atoms. The van der Waals surface area contributed by atoms with Crippen LogP contribution in [0.15, 0.2) is 6.08 Å². The van der Waals surface area contributed by atoms with E-state index in [0.717, 1.165) is 19.3 Å². The Labute approximate surface area is 63.1 Å². The molecule has 0 N–H and O–H groups in total. The van der Waals surface area contributed by atoms with E-state index >= 15 is 0 Å². The highest BCUT2D eigenvalue weighted by atomic mass is 16.1. The lowest BCUT2D eigenvalue weighted by Gasteiger charge is -1.94. The predicted molar refractivity (Wildman–Crippen MR) is 43.3 cm³/mol. The summed E-state index contributed by atoms with van der Waals surface area (Å²) in [7, 11) is 0. The number of carbonyl (C=O) groups excluding carboxylic acids is 1. The summed E-state index contributed by atoms with van der Waals surface area (Å²) in [6.45, 7) is 3.75. The van der Waals surface area contributed by atoms with Gasteiger partial charge in [-0.1, -0.05) is 32.6 Å². The van der Waals surface area contributed by atoms with Gasteiger partial charge in [0.25, 0.3) is 0 Å². The fraction of sp³-hybridized carbons (Fsp3) is 0.667. The van der Waals surface area contributed by atoms with E-state index in [1.54, 1.807) is 12.0 Å². The monoisotopic (exact) mass is 139 g/mol. The van der Waals surface area contributed by atoms with Gasteiger partial charge in [-0.05, 0) is 18.9 Å². The molecule has 10 heavy (non-hydrogen) atoms. The first-order valence-electron chi connectivity index (χ1n) is 3.90. The number of hydrogen-bond donors (Lipinski definition) is 0. The highest BCUT2D eigenvalue weighted by molar-refractivity contribution is 5.44. The van der Waals surface area contributed by atoms with Crippen molar-refractivity contribution in [2.45, 2.75) is 38.5 Å². The average Bonchev–Trinajstić information content (AvgIpc) is 1.97. The van der Waals surface area contributed by atoms with Crippen molar-refractivity contribution < 1.29 is 4.79 Å². The van der Waals surface area contributed by atoms with Crippen LogP contribution in [-0.2, 0) is 4.79 Å². The van der Waals surface area contributed by atoms with Crippen LogP contribution in [0.5, 0.6) is 0 Å². The zero-order chi connectivity index (χ0) is 7.66. The highest BCUT2D eigenvalue weighted by Crippen LogP contribution is 2.04. The van der Waals surface area contributed by atoms with Crippen LogP contribution in [0, 0.1) is 6.92 Å². The van der Waals surface area contributed by atoms with Crippen molar-refractivity contribution in [1.82, 2.24) is 0 Å². The van der Waals surface area contributed by atoms with Crippen LogP contribution in [0.3, 0.4) is 0 Å². The molecular weight excluding hydrogens is 124 g/mol. The number of allylic oxidation sites excluding steroid dienone is 1. The van der Waals surface area contributed by atoms with Crippen LogP contribution in [0.25, 0.3) is 0 Å². The van der Waals surface area contributed by atoms with E-state index in [9.17, 15) is 4.79 Å². The SMILES string of the molecule is [CH2]CCCCCCC=C=O. The maximum atomic E-state index is 9.70. The van der Waals surface area contributed by atoms with Crippen LogP contribution in [0.1, 0.15) is 38.5 Å². The minimum atomic E-state index is 0.890. The van der Waals surface area contributed by atoms with Gasteiger partial charge >= 0.3 is 0 Å². The predicted octanol–water partition coefficient (Wildman–Crippen LogP) is 2.55. The first-order valence-corrected chi connectivity index (χ1v) is 3.90. The van der Waals surface area contributed by atoms with E-state index in [2.05, 4.69) is 6.92 Å². The van der Waals surface area contributed by atoms with Gasteiger partial charge in [0.2, 0.25) is 0 Å². The smallest absolute Gasteiger partial charge is 0.120 e. The second-order valence-corrected chi connectivity index (χ2v) is 2.38. The molecule has 0 heterocycles. The van der Waals surface area contributed by atoms with Gasteiger partial charge in [0, 0.05) is 0 Å². The summed E-state index contributed by atoms with van der Waals surface area (Å²) in [6, 6.07) is 0. The molecule has 0 bridgehead atoms. The largest absolute Gasteiger partial charge is 0.234 e. The summed E-state index contributed by atoms with van der Waals surface area (Å²) < 4.78 is 0. The first-order chi connectivity index (χ1) is 4.91. The van der Waals surface area contributed by atoms with E-state index in [4.69, 9.17) is 0 Å². The van der Waals surface area contributed by atoms with Crippen molar-refractivity contribution in [1.29, 1.82) is 0 Å². The molecular formula is C9H15O. The Hall–Kier alpha value is -0.550. The molecule has 57 valence electrons. The molecule has 1 heteroatoms. The molecule has 1 radical (unpaired) electrons. The molecule has 0 fully saturated rings. The Morgan fingerprint density at radius 3 is 2.50 bits per heavy atom. The van der Waals surface area contributed by atoms with Crippen molar-refractivity contribution in [2.24, 2.45) is 0 Å². The minimum Gasteiger partial charge on any atom is -0.234 e. The molecule has 0 aromatic heterocycles. The van der Waals surface area contributed by atoms with Gasteiger partial charge in [-0.15, -0.1) is 0 Å². The lowest BCUT2D eigenvalue weighted by atomic mass is 10.1. The Morgan fingerprint density at radius 1 is 1.20 bits per heavy atom. The van der Waals surface area contributed by atoms with Crippen LogP contribution in [-0.4, -0.2) is 5.94 Å². The third-order valence-electron chi connectivity index (χ3n) is 1.43. The van der Waals surface area contributed by atoms with Crippen LogP contribution < -0.4 is 0 Å². The zero-order valence-electron chi connectivity index (χ0n) is 6.44. The quantitative estimate of drug-likeness (QED) is 0.408. The molecule has 1 nitrogen and oxygen atoms in total. The molecule has 0 atom stereocenters. The summed E-state index contributed by atoms with van der Waals surface area (Å²) >= 11 is 0. The number of unbranched alkanes of at least 4 members (excludes halogenated alkanes) is 5. The van der Waals surface area contributed by atoms with Crippen LogP contribution in [0.4, 0.5) is 0 Å². The normalized spacial score (nSPS) is 8.90. The van der Waals surface area contributed by atoms with Crippen molar-refractivity contribution in [3.8, 4) is 0 Å². The van der Waals surface area contributed by atoms with Gasteiger partial charge in [-0.3, -0.25) is 0 Å². The fourth-order valence-corrected chi connectivity index (χ4v) is 0.836. The van der Waals surface area contributed by atoms with Crippen molar-refractivity contribution in [3.63, 3.8) is 0 Å². The van der Waals surface area contributed by atoms with E-state index in [1.807, 2.05) is 0 Å². The Balaban J connectivity index is 2.83. The van der Waals surface area contributed by atoms with Crippen molar-refractivity contribution in [2.75, 3.05) is 0 Å². The summed E-state index contributed by atoms with van der Waals surface area (Å²) in [5.41, 5.74) is 0. The average molecular weight is 139 g/mol. The maximum Gasteiger partial charge on any atom is 0.120 e. The third kappa shape index (κ3) is 7.45. The van der Waals surface area contributed by atoms with E-state index in [0.29, 0.717) is 0 Å². The van der Waals surface area contributed by atoms with Crippen molar-refractivity contribution in [3.05, 3.63) is 13.0 Å². The van der Waals surface area contributed by atoms with Crippen LogP contribution >= 0.6 is 0 Å². The van der Waals surface area contributed by atoms with E-state index < -0.39 is 0 Å². The number of rotatable bonds is 6. The summed E-state index contributed by atoms with van der Waals surface area (Å²) in [5, 5.41) is 0. The Morgan fingerprint density at radius 2 is 1.90 bits per heavy atom. The maximum absolute atomic E-state index is 9.70. The minimum absolute atomic E-state index is 0.890. The molecule has 0 aliphatic carbocycles. The zero-order valence-corrected chi connectivity index (χ0v) is 6.44. The van der Waals surface area contributed by atoms with Gasteiger partial charge in [0.1, 0.15) is 5.94 Å². The second kappa shape index (κ2) is 8.45. The van der Waals surface area contributed by atoms with E-state index in [1.165, 1.54) is 19.3 Å². The summed E-state index contributed by atoms with van der Waals surface area (Å²) in [6.07, 6.45) is 8.28.